The molecule has 2 aromatic heterocycles. The highest BCUT2D eigenvalue weighted by Gasteiger charge is 2.37. The van der Waals surface area contributed by atoms with Crippen molar-refractivity contribution in [3.63, 3.8) is 0 Å². The molecule has 0 saturated heterocycles. The molecule has 1 aliphatic carbocycles. The summed E-state index contributed by atoms with van der Waals surface area (Å²) in [7, 11) is 0. The van der Waals surface area contributed by atoms with Gasteiger partial charge >= 0.3 is 0 Å². The fraction of sp³-hybridized carbons (Fsp3) is 0.158. The van der Waals surface area contributed by atoms with Crippen molar-refractivity contribution in [3.05, 3.63) is 154 Å². The second-order valence-corrected chi connectivity index (χ2v) is 11.6. The van der Waals surface area contributed by atoms with Crippen molar-refractivity contribution in [1.82, 2.24) is 19.9 Å². The molecular weight excluding hydrogens is 540 g/mol. The van der Waals surface area contributed by atoms with Gasteiger partial charge in [-0.3, -0.25) is 9.80 Å². The average Bonchev–Trinajstić information content (AvgIpc) is 3.24. The topological polar surface area (TPSA) is 58.0 Å². The zero-order valence-electron chi connectivity index (χ0n) is 24.9. The zero-order chi connectivity index (χ0) is 29.6. The minimum Gasteiger partial charge on any atom is -0.273 e. The van der Waals surface area contributed by atoms with Crippen LogP contribution in [0.1, 0.15) is 45.0 Å². The number of anilines is 6. The van der Waals surface area contributed by atoms with Gasteiger partial charge in [0, 0.05) is 24.2 Å². The Hall–Kier alpha value is -5.36. The number of hydrogen-bond donors (Lipinski definition) is 0. The van der Waals surface area contributed by atoms with E-state index >= 15 is 0 Å². The van der Waals surface area contributed by atoms with Crippen molar-refractivity contribution in [2.24, 2.45) is 0 Å². The number of aromatic nitrogens is 4. The number of hydrogen-bond acceptors (Lipinski definition) is 6. The third kappa shape index (κ3) is 4.51. The maximum Gasteiger partial charge on any atom is 0.183 e. The molecule has 2 aliphatic rings. The van der Waals surface area contributed by atoms with Crippen molar-refractivity contribution in [3.8, 4) is 0 Å². The largest absolute Gasteiger partial charge is 0.273 e. The van der Waals surface area contributed by atoms with Crippen LogP contribution in [0.2, 0.25) is 0 Å². The third-order valence-corrected chi connectivity index (χ3v) is 8.75. The van der Waals surface area contributed by atoms with Gasteiger partial charge in [-0.2, -0.15) is 0 Å². The molecule has 0 N–H and O–H groups in total. The number of benzene rings is 4. The van der Waals surface area contributed by atoms with Crippen LogP contribution in [-0.4, -0.2) is 19.9 Å². The minimum absolute atomic E-state index is 0.701. The van der Waals surface area contributed by atoms with Crippen molar-refractivity contribution in [2.45, 2.75) is 39.5 Å². The molecule has 214 valence electrons. The Labute approximate surface area is 257 Å². The van der Waals surface area contributed by atoms with Crippen LogP contribution in [0.3, 0.4) is 0 Å². The Morgan fingerprint density at radius 3 is 1.75 bits per heavy atom. The van der Waals surface area contributed by atoms with E-state index in [1.54, 1.807) is 0 Å². The normalized spacial score (nSPS) is 13.4. The summed E-state index contributed by atoms with van der Waals surface area (Å²) >= 11 is 0. The van der Waals surface area contributed by atoms with E-state index in [2.05, 4.69) is 121 Å². The Kier molecular flexibility index (Phi) is 6.41. The molecule has 6 heteroatoms. The molecule has 0 radical (unpaired) electrons. The summed E-state index contributed by atoms with van der Waals surface area (Å²) in [5, 5.41) is 0. The molecule has 0 saturated carbocycles. The summed E-state index contributed by atoms with van der Waals surface area (Å²) in [5.74, 6) is 3.05. The molecule has 4 aromatic carbocycles. The van der Waals surface area contributed by atoms with Crippen LogP contribution in [0.5, 0.6) is 0 Å². The molecule has 8 rings (SSSR count). The van der Waals surface area contributed by atoms with Gasteiger partial charge in [-0.05, 0) is 73.2 Å². The molecule has 0 unspecified atom stereocenters. The number of para-hydroxylation sites is 2. The van der Waals surface area contributed by atoms with Gasteiger partial charge in [0.15, 0.2) is 23.3 Å². The summed E-state index contributed by atoms with van der Waals surface area (Å²) in [4.78, 5) is 25.9. The standard InChI is InChI=1S/C38H32N6/c1-25-13-9-10-15-28(25)23-33-26(2)39-35-36(41-33)44(31-19-7-4-8-20-31)38-37(43(35)30-17-5-3-6-18-30)40-32-22-21-27-14-11-12-16-29(27)24-34(32)42-38/h3-20H,21-24H2,1-2H3. The first kappa shape index (κ1) is 26.3. The lowest BCUT2D eigenvalue weighted by Gasteiger charge is -2.37. The van der Waals surface area contributed by atoms with Crippen molar-refractivity contribution < 1.29 is 0 Å². The molecule has 0 amide bonds. The number of fused-ring (bicyclic) bond motifs is 4. The zero-order valence-corrected chi connectivity index (χ0v) is 24.9. The first-order valence-electron chi connectivity index (χ1n) is 15.2. The summed E-state index contributed by atoms with van der Waals surface area (Å²) in [6.45, 7) is 4.21. The fourth-order valence-electron chi connectivity index (χ4n) is 6.37. The van der Waals surface area contributed by atoms with Crippen LogP contribution in [0.4, 0.5) is 34.6 Å². The molecule has 0 spiro atoms. The van der Waals surface area contributed by atoms with E-state index in [9.17, 15) is 0 Å². The lowest BCUT2D eigenvalue weighted by Crippen LogP contribution is -2.29. The van der Waals surface area contributed by atoms with E-state index in [0.717, 1.165) is 76.7 Å². The smallest absolute Gasteiger partial charge is 0.183 e. The molecule has 1 aliphatic heterocycles. The van der Waals surface area contributed by atoms with Gasteiger partial charge in [0.25, 0.3) is 0 Å². The monoisotopic (exact) mass is 572 g/mol. The van der Waals surface area contributed by atoms with Gasteiger partial charge < -0.3 is 0 Å². The highest BCUT2D eigenvalue weighted by molar-refractivity contribution is 5.96. The van der Waals surface area contributed by atoms with Crippen molar-refractivity contribution in [1.29, 1.82) is 0 Å². The van der Waals surface area contributed by atoms with E-state index < -0.39 is 0 Å². The highest BCUT2D eigenvalue weighted by atomic mass is 15.4. The van der Waals surface area contributed by atoms with Gasteiger partial charge in [-0.25, -0.2) is 19.9 Å². The number of aryl methyl sites for hydroxylation is 4. The fourth-order valence-corrected chi connectivity index (χ4v) is 6.37. The van der Waals surface area contributed by atoms with Crippen LogP contribution in [-0.2, 0) is 25.7 Å². The summed E-state index contributed by atoms with van der Waals surface area (Å²) < 4.78 is 0. The Balaban J connectivity index is 1.38. The van der Waals surface area contributed by atoms with Gasteiger partial charge in [0.1, 0.15) is 0 Å². The molecule has 3 heterocycles. The summed E-state index contributed by atoms with van der Waals surface area (Å²) in [6, 6.07) is 37.9. The van der Waals surface area contributed by atoms with Crippen LogP contribution >= 0.6 is 0 Å². The van der Waals surface area contributed by atoms with Crippen LogP contribution in [0.15, 0.2) is 109 Å². The number of nitrogens with zero attached hydrogens (tertiary/aromatic N) is 6. The lowest BCUT2D eigenvalue weighted by atomic mass is 10.0. The Morgan fingerprint density at radius 2 is 1.07 bits per heavy atom. The first-order valence-corrected chi connectivity index (χ1v) is 15.2. The van der Waals surface area contributed by atoms with E-state index in [0.29, 0.717) is 6.42 Å². The SMILES string of the molecule is Cc1ccccc1Cc1nc2c(nc1C)N(c1ccccc1)c1nc3c(nc1N2c1ccccc1)Cc1ccccc1CC3. The van der Waals surface area contributed by atoms with E-state index in [4.69, 9.17) is 19.9 Å². The quantitative estimate of drug-likeness (QED) is 0.211. The van der Waals surface area contributed by atoms with Crippen LogP contribution in [0.25, 0.3) is 0 Å². The molecule has 6 aromatic rings. The molecule has 0 atom stereocenters. The molecule has 44 heavy (non-hydrogen) atoms. The van der Waals surface area contributed by atoms with Crippen molar-refractivity contribution >= 4 is 34.6 Å². The molecule has 6 nitrogen and oxygen atoms in total. The maximum absolute atomic E-state index is 5.45. The highest BCUT2D eigenvalue weighted by Crippen LogP contribution is 2.51. The van der Waals surface area contributed by atoms with Gasteiger partial charge in [-0.15, -0.1) is 0 Å². The molecule has 0 bridgehead atoms. The van der Waals surface area contributed by atoms with Gasteiger partial charge in [0.2, 0.25) is 0 Å². The van der Waals surface area contributed by atoms with Crippen molar-refractivity contribution in [2.75, 3.05) is 9.80 Å². The molecule has 0 fully saturated rings. The first-order chi connectivity index (χ1) is 21.6. The van der Waals surface area contributed by atoms with Gasteiger partial charge in [0.05, 0.1) is 22.8 Å². The minimum atomic E-state index is 0.701. The lowest BCUT2D eigenvalue weighted by molar-refractivity contribution is 0.865. The van der Waals surface area contributed by atoms with E-state index in [1.807, 2.05) is 12.1 Å². The Morgan fingerprint density at radius 1 is 0.523 bits per heavy atom. The number of rotatable bonds is 4. The maximum atomic E-state index is 5.45. The van der Waals surface area contributed by atoms with Crippen LogP contribution < -0.4 is 9.80 Å². The van der Waals surface area contributed by atoms with E-state index in [1.165, 1.54) is 22.3 Å². The third-order valence-electron chi connectivity index (χ3n) is 8.75. The van der Waals surface area contributed by atoms with Crippen LogP contribution in [0, 0.1) is 13.8 Å². The summed E-state index contributed by atoms with van der Waals surface area (Å²) in [5.41, 5.74) is 11.1. The second-order valence-electron chi connectivity index (χ2n) is 11.6. The Bertz CT molecular complexity index is 2000. The molecular formula is C38H32N6. The second kappa shape index (κ2) is 10.7. The summed E-state index contributed by atoms with van der Waals surface area (Å²) in [6.07, 6.45) is 3.24. The predicted octanol–water partition coefficient (Wildman–Crippen LogP) is 8.42. The predicted molar refractivity (Wildman–Crippen MR) is 176 cm³/mol. The van der Waals surface area contributed by atoms with Gasteiger partial charge in [-0.1, -0.05) is 84.9 Å². The van der Waals surface area contributed by atoms with E-state index in [-0.39, 0.29) is 0 Å². The average molecular weight is 573 g/mol.